The Morgan fingerprint density at radius 3 is 1.00 bits per heavy atom. The molecule has 3 N–H and O–H groups in total. The Morgan fingerprint density at radius 1 is 0.478 bits per heavy atom. The van der Waals surface area contributed by atoms with Gasteiger partial charge in [-0.1, -0.05) is 91.0 Å². The molecule has 0 atom stereocenters. The smallest absolute Gasteiger partial charge is 0.187 e. The summed E-state index contributed by atoms with van der Waals surface area (Å²) in [5.74, 6) is -0.00875. The van der Waals surface area contributed by atoms with E-state index >= 15 is 0 Å². The lowest BCUT2D eigenvalue weighted by Gasteiger charge is -2.23. The molecule has 0 bridgehead atoms. The summed E-state index contributed by atoms with van der Waals surface area (Å²) in [6, 6.07) is 27.9. The van der Waals surface area contributed by atoms with Crippen LogP contribution in [0.25, 0.3) is 0 Å². The minimum Gasteiger partial charge on any atom is -0.388 e. The topological polar surface area (TPSA) is 90.5 Å². The first-order valence-electron chi connectivity index (χ1n) is 16.1. The highest BCUT2D eigenvalue weighted by molar-refractivity contribution is 6.05. The first-order valence-corrected chi connectivity index (χ1v) is 16.1. The van der Waals surface area contributed by atoms with Gasteiger partial charge in [-0.25, -0.2) is 0 Å². The summed E-state index contributed by atoms with van der Waals surface area (Å²) in [6.07, 6.45) is 7.76. The molecule has 0 aliphatic carbocycles. The van der Waals surface area contributed by atoms with Crippen LogP contribution in [0, 0.1) is 0 Å². The maximum atomic E-state index is 12.5. The standard InChI is InChI=1S/C39H48N4O3/c1-31(28-37(44)34-16-7-4-8-17-34)40-22-13-25-43(26-14-23-41-32(2)29-38(45)35-18-9-5-10-19-35)27-15-24-42-33(3)30-39(46)36-20-11-6-12-21-36/h4-12,16-21,28-30,40-42H,13-15,22-27H2,1-3H3/b31-28-,32-29+,33-30+. The number of hydrogen-bond acceptors (Lipinski definition) is 7. The maximum absolute atomic E-state index is 12.5. The summed E-state index contributed by atoms with van der Waals surface area (Å²) >= 11 is 0. The van der Waals surface area contributed by atoms with E-state index in [0.29, 0.717) is 16.7 Å². The third-order valence-electron chi connectivity index (χ3n) is 7.38. The van der Waals surface area contributed by atoms with E-state index in [1.807, 2.05) is 112 Å². The largest absolute Gasteiger partial charge is 0.388 e. The first-order chi connectivity index (χ1) is 22.3. The van der Waals surface area contributed by atoms with Crippen LogP contribution < -0.4 is 16.0 Å². The number of allylic oxidation sites excluding steroid dienone is 6. The van der Waals surface area contributed by atoms with Gasteiger partial charge in [-0.2, -0.15) is 0 Å². The Morgan fingerprint density at radius 2 is 0.739 bits per heavy atom. The van der Waals surface area contributed by atoms with Crippen LogP contribution in [-0.2, 0) is 0 Å². The fourth-order valence-corrected chi connectivity index (χ4v) is 4.90. The first kappa shape index (κ1) is 35.7. The van der Waals surface area contributed by atoms with Gasteiger partial charge in [-0.3, -0.25) is 14.4 Å². The highest BCUT2D eigenvalue weighted by atomic mass is 16.1. The van der Waals surface area contributed by atoms with E-state index in [1.165, 1.54) is 0 Å². The number of rotatable bonds is 21. The van der Waals surface area contributed by atoms with Crippen LogP contribution in [0.1, 0.15) is 71.1 Å². The normalized spacial score (nSPS) is 12.1. The average molecular weight is 621 g/mol. The molecule has 3 aromatic carbocycles. The van der Waals surface area contributed by atoms with Crippen molar-refractivity contribution in [2.75, 3.05) is 39.3 Å². The zero-order chi connectivity index (χ0) is 33.0. The van der Waals surface area contributed by atoms with Crippen LogP contribution in [0.3, 0.4) is 0 Å². The summed E-state index contributed by atoms with van der Waals surface area (Å²) in [5.41, 5.74) is 4.61. The van der Waals surface area contributed by atoms with Crippen LogP contribution in [0.2, 0.25) is 0 Å². The van der Waals surface area contributed by atoms with Crippen LogP contribution in [0.4, 0.5) is 0 Å². The molecule has 0 spiro atoms. The van der Waals surface area contributed by atoms with Crippen molar-refractivity contribution in [3.63, 3.8) is 0 Å². The van der Waals surface area contributed by atoms with Gasteiger partial charge in [0, 0.05) is 71.6 Å². The van der Waals surface area contributed by atoms with Gasteiger partial charge in [0.25, 0.3) is 0 Å². The Bertz CT molecular complexity index is 1290. The fraction of sp³-hybridized carbons (Fsp3) is 0.308. The van der Waals surface area contributed by atoms with Gasteiger partial charge in [0.05, 0.1) is 0 Å². The number of hydrogen-bond donors (Lipinski definition) is 3. The van der Waals surface area contributed by atoms with Crippen LogP contribution in [-0.4, -0.2) is 61.5 Å². The number of benzene rings is 3. The molecule has 0 aliphatic rings. The van der Waals surface area contributed by atoms with Crippen LogP contribution in [0.5, 0.6) is 0 Å². The molecule has 0 radical (unpaired) electrons. The van der Waals surface area contributed by atoms with E-state index in [4.69, 9.17) is 0 Å². The van der Waals surface area contributed by atoms with Gasteiger partial charge in [-0.15, -0.1) is 0 Å². The lowest BCUT2D eigenvalue weighted by Crippen LogP contribution is -2.32. The fourth-order valence-electron chi connectivity index (χ4n) is 4.90. The summed E-state index contributed by atoms with van der Waals surface area (Å²) in [6.45, 7) is 10.8. The van der Waals surface area contributed by atoms with Gasteiger partial charge in [0.15, 0.2) is 17.3 Å². The van der Waals surface area contributed by atoms with Crippen molar-refractivity contribution in [1.82, 2.24) is 20.9 Å². The van der Waals surface area contributed by atoms with Crippen LogP contribution >= 0.6 is 0 Å². The van der Waals surface area contributed by atoms with Crippen LogP contribution in [0.15, 0.2) is 126 Å². The maximum Gasteiger partial charge on any atom is 0.187 e. The third kappa shape index (κ3) is 13.9. The van der Waals surface area contributed by atoms with Crippen molar-refractivity contribution in [2.24, 2.45) is 0 Å². The second kappa shape index (κ2) is 20.3. The van der Waals surface area contributed by atoms with E-state index in [9.17, 15) is 14.4 Å². The highest BCUT2D eigenvalue weighted by Crippen LogP contribution is 2.06. The molecule has 0 saturated heterocycles. The zero-order valence-corrected chi connectivity index (χ0v) is 27.4. The lowest BCUT2D eigenvalue weighted by atomic mass is 10.1. The molecule has 0 saturated carbocycles. The SMILES string of the molecule is C/C(=C/C(=O)c1ccccc1)NCCCN(CCCN/C(C)=C/C(=O)c1ccccc1)CCCN/C(C)=C/C(=O)c1ccccc1. The molecule has 46 heavy (non-hydrogen) atoms. The van der Waals surface area contributed by atoms with Crippen molar-refractivity contribution in [1.29, 1.82) is 0 Å². The summed E-state index contributed by atoms with van der Waals surface area (Å²) in [4.78, 5) is 39.8. The minimum atomic E-state index is -0.00292. The number of carbonyl (C=O) groups is 3. The molecule has 3 aromatic rings. The Labute approximate surface area is 274 Å². The van der Waals surface area contributed by atoms with E-state index in [0.717, 1.165) is 75.6 Å². The van der Waals surface area contributed by atoms with E-state index in [-0.39, 0.29) is 17.3 Å². The molecule has 0 fully saturated rings. The Kier molecular flexibility index (Phi) is 15.8. The summed E-state index contributed by atoms with van der Waals surface area (Å²) < 4.78 is 0. The molecule has 0 amide bonds. The predicted octanol–water partition coefficient (Wildman–Crippen LogP) is 6.59. The van der Waals surface area contributed by atoms with Crippen molar-refractivity contribution in [2.45, 2.75) is 40.0 Å². The molecule has 7 nitrogen and oxygen atoms in total. The Balaban J connectivity index is 1.45. The molecule has 7 heteroatoms. The van der Waals surface area contributed by atoms with Gasteiger partial charge in [0.2, 0.25) is 0 Å². The van der Waals surface area contributed by atoms with Gasteiger partial charge in [0.1, 0.15) is 0 Å². The molecule has 0 unspecified atom stereocenters. The van der Waals surface area contributed by atoms with Gasteiger partial charge in [-0.05, 0) is 59.7 Å². The predicted molar refractivity (Wildman–Crippen MR) is 188 cm³/mol. The zero-order valence-electron chi connectivity index (χ0n) is 27.4. The molecule has 0 aliphatic heterocycles. The van der Waals surface area contributed by atoms with E-state index in [1.54, 1.807) is 18.2 Å². The quantitative estimate of drug-likeness (QED) is 0.0704. The molecular weight excluding hydrogens is 572 g/mol. The van der Waals surface area contributed by atoms with Crippen molar-refractivity contribution >= 4 is 17.3 Å². The second-order valence-electron chi connectivity index (χ2n) is 11.4. The summed E-state index contributed by atoms with van der Waals surface area (Å²) in [7, 11) is 0. The van der Waals surface area contributed by atoms with Crippen molar-refractivity contribution in [3.05, 3.63) is 143 Å². The molecule has 0 heterocycles. The molecule has 0 aromatic heterocycles. The van der Waals surface area contributed by atoms with E-state index in [2.05, 4.69) is 20.9 Å². The van der Waals surface area contributed by atoms with Crippen molar-refractivity contribution < 1.29 is 14.4 Å². The lowest BCUT2D eigenvalue weighted by molar-refractivity contribution is 0.103. The monoisotopic (exact) mass is 620 g/mol. The number of ketones is 3. The van der Waals surface area contributed by atoms with Gasteiger partial charge < -0.3 is 20.9 Å². The number of carbonyl (C=O) groups excluding carboxylic acids is 3. The molecular formula is C39H48N4O3. The Hall–Kier alpha value is -4.75. The number of nitrogens with zero attached hydrogens (tertiary/aromatic N) is 1. The van der Waals surface area contributed by atoms with Crippen molar-refractivity contribution in [3.8, 4) is 0 Å². The number of nitrogens with one attached hydrogen (secondary N) is 3. The average Bonchev–Trinajstić information content (AvgIpc) is 3.07. The minimum absolute atomic E-state index is 0.00292. The van der Waals surface area contributed by atoms with Gasteiger partial charge >= 0.3 is 0 Å². The molecule has 242 valence electrons. The third-order valence-corrected chi connectivity index (χ3v) is 7.38. The summed E-state index contributed by atoms with van der Waals surface area (Å²) in [5, 5.41) is 10.1. The van der Waals surface area contributed by atoms with E-state index < -0.39 is 0 Å². The highest BCUT2D eigenvalue weighted by Gasteiger charge is 2.08. The second-order valence-corrected chi connectivity index (χ2v) is 11.4. The molecule has 3 rings (SSSR count).